The van der Waals surface area contributed by atoms with Crippen molar-refractivity contribution in [3.63, 3.8) is 0 Å². The van der Waals surface area contributed by atoms with Crippen molar-refractivity contribution in [2.24, 2.45) is 12.5 Å². The summed E-state index contributed by atoms with van der Waals surface area (Å²) in [6, 6.07) is 0. The van der Waals surface area contributed by atoms with Crippen molar-refractivity contribution in [2.45, 2.75) is 26.9 Å². The maximum absolute atomic E-state index is 11.8. The molecule has 0 aliphatic carbocycles. The number of fused-ring (bicyclic) bond motifs is 1. The van der Waals surface area contributed by atoms with Gasteiger partial charge in [0.25, 0.3) is 5.56 Å². The monoisotopic (exact) mass is 265 g/mol. The molecule has 0 saturated heterocycles. The molecule has 7 heteroatoms. The number of aryl methyl sites for hydroxylation is 1. The minimum Gasteiger partial charge on any atom is -0.391 e. The fraction of sp³-hybridized carbons (Fsp3) is 0.583. The molecule has 3 N–H and O–H groups in total. The molecule has 2 aromatic heterocycles. The molecule has 0 amide bonds. The second-order valence-corrected chi connectivity index (χ2v) is 5.68. The van der Waals surface area contributed by atoms with E-state index in [-0.39, 0.29) is 11.0 Å². The van der Waals surface area contributed by atoms with Crippen molar-refractivity contribution < 1.29 is 5.11 Å². The molecule has 0 spiro atoms. The van der Waals surface area contributed by atoms with Gasteiger partial charge in [-0.1, -0.05) is 20.8 Å². The number of hydrogen-bond donors (Lipinski definition) is 3. The highest BCUT2D eigenvalue weighted by atomic mass is 16.3. The molecular weight excluding hydrogens is 246 g/mol. The summed E-state index contributed by atoms with van der Waals surface area (Å²) in [6.07, 6.45) is 0.939. The topological polar surface area (TPSA) is 95.8 Å². The van der Waals surface area contributed by atoms with Crippen LogP contribution in [0.4, 0.5) is 5.95 Å². The molecule has 2 aromatic rings. The van der Waals surface area contributed by atoms with Crippen LogP contribution in [-0.4, -0.2) is 37.5 Å². The van der Waals surface area contributed by atoms with Crippen molar-refractivity contribution in [1.82, 2.24) is 19.7 Å². The summed E-state index contributed by atoms with van der Waals surface area (Å²) in [6.45, 7) is 6.15. The Morgan fingerprint density at radius 2 is 2.21 bits per heavy atom. The summed E-state index contributed by atoms with van der Waals surface area (Å²) < 4.78 is 1.54. The summed E-state index contributed by atoms with van der Waals surface area (Å²) >= 11 is 0. The van der Waals surface area contributed by atoms with Gasteiger partial charge in [0, 0.05) is 13.6 Å². The Morgan fingerprint density at radius 3 is 2.84 bits per heavy atom. The third-order valence-electron chi connectivity index (χ3n) is 3.06. The summed E-state index contributed by atoms with van der Waals surface area (Å²) in [5.74, 6) is 0.337. The Labute approximate surface area is 110 Å². The largest absolute Gasteiger partial charge is 0.391 e. The molecule has 0 bridgehead atoms. The molecular formula is C12H19N5O2. The van der Waals surface area contributed by atoms with Crippen molar-refractivity contribution in [3.8, 4) is 0 Å². The van der Waals surface area contributed by atoms with Crippen molar-refractivity contribution >= 4 is 17.0 Å². The van der Waals surface area contributed by atoms with Crippen LogP contribution < -0.4 is 10.9 Å². The number of aliphatic hydroxyl groups is 1. The first kappa shape index (κ1) is 13.5. The number of aliphatic hydroxyl groups excluding tert-OH is 1. The Morgan fingerprint density at radius 1 is 1.53 bits per heavy atom. The lowest BCUT2D eigenvalue weighted by Crippen LogP contribution is -2.33. The quantitative estimate of drug-likeness (QED) is 0.750. The zero-order valence-electron chi connectivity index (χ0n) is 11.6. The highest BCUT2D eigenvalue weighted by Crippen LogP contribution is 2.19. The predicted octanol–water partition coefficient (Wildman–Crippen LogP) is 0.475. The van der Waals surface area contributed by atoms with Gasteiger partial charge in [-0.15, -0.1) is 0 Å². The summed E-state index contributed by atoms with van der Waals surface area (Å²) in [7, 11) is 1.72. The van der Waals surface area contributed by atoms with Crippen LogP contribution in [0.2, 0.25) is 0 Å². The smallest absolute Gasteiger partial charge is 0.263 e. The van der Waals surface area contributed by atoms with E-state index in [1.165, 1.54) is 10.9 Å². The van der Waals surface area contributed by atoms with Crippen LogP contribution in [0.5, 0.6) is 0 Å². The molecule has 0 radical (unpaired) electrons. The number of aromatic amines is 1. The van der Waals surface area contributed by atoms with Crippen LogP contribution in [0.15, 0.2) is 11.0 Å². The van der Waals surface area contributed by atoms with Gasteiger partial charge in [0.15, 0.2) is 5.65 Å². The molecule has 0 aliphatic heterocycles. The average molecular weight is 265 g/mol. The van der Waals surface area contributed by atoms with E-state index in [1.54, 1.807) is 7.05 Å². The van der Waals surface area contributed by atoms with Crippen molar-refractivity contribution in [3.05, 3.63) is 16.6 Å². The SMILES string of the molecule is Cn1ncc2c(=O)[nH]c(NCC(O)C(C)(C)C)nc21. The van der Waals surface area contributed by atoms with Crippen LogP contribution in [-0.2, 0) is 7.05 Å². The zero-order valence-corrected chi connectivity index (χ0v) is 11.6. The molecule has 2 rings (SSSR count). The minimum absolute atomic E-state index is 0.232. The van der Waals surface area contributed by atoms with E-state index in [2.05, 4.69) is 20.4 Å². The van der Waals surface area contributed by atoms with E-state index in [4.69, 9.17) is 0 Å². The maximum atomic E-state index is 11.8. The molecule has 0 fully saturated rings. The van der Waals surface area contributed by atoms with Crippen LogP contribution in [0, 0.1) is 5.41 Å². The average Bonchev–Trinajstić information content (AvgIpc) is 2.67. The minimum atomic E-state index is -0.542. The molecule has 0 aliphatic rings. The van der Waals surface area contributed by atoms with E-state index >= 15 is 0 Å². The molecule has 19 heavy (non-hydrogen) atoms. The number of rotatable bonds is 3. The Hall–Kier alpha value is -1.89. The predicted molar refractivity (Wildman–Crippen MR) is 73.1 cm³/mol. The first-order chi connectivity index (χ1) is 8.79. The van der Waals surface area contributed by atoms with Crippen molar-refractivity contribution in [1.29, 1.82) is 0 Å². The van der Waals surface area contributed by atoms with Gasteiger partial charge in [0.1, 0.15) is 5.39 Å². The fourth-order valence-corrected chi connectivity index (χ4v) is 1.62. The maximum Gasteiger partial charge on any atom is 0.263 e. The number of anilines is 1. The molecule has 7 nitrogen and oxygen atoms in total. The van der Waals surface area contributed by atoms with E-state index in [0.717, 1.165) is 0 Å². The van der Waals surface area contributed by atoms with E-state index in [0.29, 0.717) is 23.5 Å². The Balaban J connectivity index is 2.22. The van der Waals surface area contributed by atoms with Gasteiger partial charge < -0.3 is 10.4 Å². The Bertz CT molecular complexity index is 638. The number of H-pyrrole nitrogens is 1. The van der Waals surface area contributed by atoms with Crippen molar-refractivity contribution in [2.75, 3.05) is 11.9 Å². The lowest BCUT2D eigenvalue weighted by Gasteiger charge is -2.25. The van der Waals surface area contributed by atoms with E-state index in [1.807, 2.05) is 20.8 Å². The van der Waals surface area contributed by atoms with E-state index < -0.39 is 6.10 Å². The number of aromatic nitrogens is 4. The van der Waals surface area contributed by atoms with Gasteiger partial charge in [0.2, 0.25) is 5.95 Å². The van der Waals surface area contributed by atoms with Gasteiger partial charge in [0.05, 0.1) is 12.3 Å². The molecule has 2 heterocycles. The highest BCUT2D eigenvalue weighted by molar-refractivity contribution is 5.74. The van der Waals surface area contributed by atoms with Crippen LogP contribution in [0.25, 0.3) is 11.0 Å². The normalized spacial score (nSPS) is 13.7. The summed E-state index contributed by atoms with van der Waals surface area (Å²) in [5.41, 5.74) is 0.0338. The van der Waals surface area contributed by atoms with Crippen LogP contribution >= 0.6 is 0 Å². The van der Waals surface area contributed by atoms with Gasteiger partial charge >= 0.3 is 0 Å². The second-order valence-electron chi connectivity index (χ2n) is 5.68. The highest BCUT2D eigenvalue weighted by Gasteiger charge is 2.22. The lowest BCUT2D eigenvalue weighted by atomic mass is 9.89. The van der Waals surface area contributed by atoms with Gasteiger partial charge in [-0.25, -0.2) is 0 Å². The molecule has 1 unspecified atom stereocenters. The number of nitrogens with zero attached hydrogens (tertiary/aromatic N) is 3. The first-order valence-electron chi connectivity index (χ1n) is 6.13. The fourth-order valence-electron chi connectivity index (χ4n) is 1.62. The standard InChI is InChI=1S/C12H19N5O2/c1-12(2,3)8(18)6-13-11-15-9-7(10(19)16-11)5-14-17(9)4/h5,8,18H,6H2,1-4H3,(H2,13,15,16,19). The summed E-state index contributed by atoms with van der Waals surface area (Å²) in [4.78, 5) is 18.7. The third-order valence-corrected chi connectivity index (χ3v) is 3.06. The summed E-state index contributed by atoms with van der Waals surface area (Å²) in [5, 5.41) is 17.3. The molecule has 0 aromatic carbocycles. The zero-order chi connectivity index (χ0) is 14.2. The molecule has 0 saturated carbocycles. The number of hydrogen-bond acceptors (Lipinski definition) is 5. The third kappa shape index (κ3) is 2.76. The second kappa shape index (κ2) is 4.65. The van der Waals surface area contributed by atoms with Crippen LogP contribution in [0.1, 0.15) is 20.8 Å². The van der Waals surface area contributed by atoms with Crippen LogP contribution in [0.3, 0.4) is 0 Å². The Kier molecular flexibility index (Phi) is 3.32. The van der Waals surface area contributed by atoms with Gasteiger partial charge in [-0.3, -0.25) is 14.5 Å². The first-order valence-corrected chi connectivity index (χ1v) is 6.13. The van der Waals surface area contributed by atoms with Gasteiger partial charge in [-0.2, -0.15) is 10.1 Å². The van der Waals surface area contributed by atoms with Gasteiger partial charge in [-0.05, 0) is 5.41 Å². The molecule has 1 atom stereocenters. The molecule has 104 valence electrons. The lowest BCUT2D eigenvalue weighted by molar-refractivity contribution is 0.0744. The van der Waals surface area contributed by atoms with E-state index in [9.17, 15) is 9.90 Å². The number of nitrogens with one attached hydrogen (secondary N) is 2.